The van der Waals surface area contributed by atoms with E-state index in [4.69, 9.17) is 4.74 Å². The molecule has 1 aromatic heterocycles. The van der Waals surface area contributed by atoms with Gasteiger partial charge in [-0.25, -0.2) is 4.98 Å². The number of carbonyl (C=O) groups is 2. The first kappa shape index (κ1) is 14.1. The van der Waals surface area contributed by atoms with Gasteiger partial charge in [-0.1, -0.05) is 0 Å². The first-order valence-corrected chi connectivity index (χ1v) is 6.87. The maximum Gasteiger partial charge on any atom is 0.265 e. The molecule has 0 fully saturated rings. The average Bonchev–Trinajstić information content (AvgIpc) is 3.00. The van der Waals surface area contributed by atoms with Crippen LogP contribution < -0.4 is 15.4 Å². The van der Waals surface area contributed by atoms with Crippen LogP contribution in [0.2, 0.25) is 0 Å². The van der Waals surface area contributed by atoms with Gasteiger partial charge in [0.15, 0.2) is 6.10 Å². The zero-order valence-corrected chi connectivity index (χ0v) is 11.9. The summed E-state index contributed by atoms with van der Waals surface area (Å²) < 4.78 is 5.46. The Kier molecular flexibility index (Phi) is 3.73. The van der Waals surface area contributed by atoms with Crippen molar-refractivity contribution in [3.05, 3.63) is 30.4 Å². The van der Waals surface area contributed by atoms with E-state index in [1.807, 2.05) is 0 Å². The molecule has 1 unspecified atom stereocenters. The minimum atomic E-state index is -0.519. The van der Waals surface area contributed by atoms with Crippen molar-refractivity contribution >= 4 is 23.2 Å². The van der Waals surface area contributed by atoms with Crippen molar-refractivity contribution < 1.29 is 14.3 Å². The van der Waals surface area contributed by atoms with Crippen LogP contribution in [0, 0.1) is 0 Å². The molecule has 2 aromatic rings. The lowest BCUT2D eigenvalue weighted by Crippen LogP contribution is -2.34. The molecule has 0 spiro atoms. The maximum absolute atomic E-state index is 11.9. The van der Waals surface area contributed by atoms with E-state index in [0.717, 1.165) is 0 Å². The molecule has 2 amide bonds. The number of aryl methyl sites for hydroxylation is 1. The largest absolute Gasteiger partial charge is 0.479 e. The molecule has 0 bridgehead atoms. The molecule has 8 heteroatoms. The zero-order chi connectivity index (χ0) is 15.5. The number of aromatic amines is 1. The van der Waals surface area contributed by atoms with E-state index < -0.39 is 6.10 Å². The SMILES string of the molecule is CC1Oc2ccc(NC(=O)CCc3ncn[nH]3)cc2NC1=O. The molecule has 3 rings (SSSR count). The fourth-order valence-electron chi connectivity index (χ4n) is 2.09. The molecule has 0 saturated heterocycles. The van der Waals surface area contributed by atoms with Gasteiger partial charge in [-0.3, -0.25) is 14.7 Å². The molecule has 0 saturated carbocycles. The molecule has 0 aliphatic carbocycles. The highest BCUT2D eigenvalue weighted by Gasteiger charge is 2.23. The quantitative estimate of drug-likeness (QED) is 0.783. The number of aromatic nitrogens is 3. The molecular formula is C14H15N5O3. The van der Waals surface area contributed by atoms with E-state index in [-0.39, 0.29) is 18.2 Å². The van der Waals surface area contributed by atoms with Gasteiger partial charge in [0.2, 0.25) is 5.91 Å². The molecule has 0 radical (unpaired) electrons. The van der Waals surface area contributed by atoms with Crippen molar-refractivity contribution in [1.82, 2.24) is 15.2 Å². The number of nitrogens with one attached hydrogen (secondary N) is 3. The van der Waals surface area contributed by atoms with Gasteiger partial charge in [-0.2, -0.15) is 5.10 Å². The predicted molar refractivity (Wildman–Crippen MR) is 78.5 cm³/mol. The molecule has 1 aromatic carbocycles. The molecule has 1 aliphatic rings. The second-order valence-corrected chi connectivity index (χ2v) is 4.94. The first-order valence-electron chi connectivity index (χ1n) is 6.87. The zero-order valence-electron chi connectivity index (χ0n) is 11.9. The van der Waals surface area contributed by atoms with Gasteiger partial charge in [0.25, 0.3) is 5.91 Å². The van der Waals surface area contributed by atoms with Crippen molar-refractivity contribution in [2.45, 2.75) is 25.9 Å². The summed E-state index contributed by atoms with van der Waals surface area (Å²) in [5, 5.41) is 11.9. The topological polar surface area (TPSA) is 109 Å². The Labute approximate surface area is 126 Å². The van der Waals surface area contributed by atoms with Crippen LogP contribution in [-0.2, 0) is 16.0 Å². The van der Waals surface area contributed by atoms with Crippen LogP contribution in [0.5, 0.6) is 5.75 Å². The fourth-order valence-corrected chi connectivity index (χ4v) is 2.09. The van der Waals surface area contributed by atoms with Crippen LogP contribution in [0.4, 0.5) is 11.4 Å². The summed E-state index contributed by atoms with van der Waals surface area (Å²) in [7, 11) is 0. The Morgan fingerprint density at radius 2 is 2.32 bits per heavy atom. The molecular weight excluding hydrogens is 286 g/mol. The van der Waals surface area contributed by atoms with Crippen molar-refractivity contribution in [1.29, 1.82) is 0 Å². The van der Waals surface area contributed by atoms with E-state index in [9.17, 15) is 9.59 Å². The summed E-state index contributed by atoms with van der Waals surface area (Å²) in [5.41, 5.74) is 1.15. The second-order valence-electron chi connectivity index (χ2n) is 4.94. The number of hydrogen-bond donors (Lipinski definition) is 3. The number of fused-ring (bicyclic) bond motifs is 1. The van der Waals surface area contributed by atoms with Crippen molar-refractivity contribution in [3.63, 3.8) is 0 Å². The van der Waals surface area contributed by atoms with Gasteiger partial charge >= 0.3 is 0 Å². The van der Waals surface area contributed by atoms with Gasteiger partial charge in [0.1, 0.15) is 17.9 Å². The number of ether oxygens (including phenoxy) is 1. The monoisotopic (exact) mass is 301 g/mol. The molecule has 2 heterocycles. The van der Waals surface area contributed by atoms with Gasteiger partial charge in [-0.05, 0) is 25.1 Å². The molecule has 1 aliphatic heterocycles. The number of rotatable bonds is 4. The standard InChI is InChI=1S/C14H15N5O3/c1-8-14(21)18-10-6-9(2-3-11(10)22-8)17-13(20)5-4-12-15-7-16-19-12/h2-3,6-8H,4-5H2,1H3,(H,17,20)(H,18,21)(H,15,16,19). The molecule has 3 N–H and O–H groups in total. The van der Waals surface area contributed by atoms with Crippen LogP contribution in [0.1, 0.15) is 19.2 Å². The van der Waals surface area contributed by atoms with Crippen molar-refractivity contribution in [3.8, 4) is 5.75 Å². The molecule has 1 atom stereocenters. The Bertz CT molecular complexity index is 699. The number of carbonyl (C=O) groups excluding carboxylic acids is 2. The number of benzene rings is 1. The van der Waals surface area contributed by atoms with Gasteiger partial charge < -0.3 is 15.4 Å². The first-order chi connectivity index (χ1) is 10.6. The lowest BCUT2D eigenvalue weighted by atomic mass is 10.2. The maximum atomic E-state index is 11.9. The third kappa shape index (κ3) is 3.05. The van der Waals surface area contributed by atoms with Crippen LogP contribution in [-0.4, -0.2) is 33.1 Å². The Morgan fingerprint density at radius 3 is 3.09 bits per heavy atom. The summed E-state index contributed by atoms with van der Waals surface area (Å²) in [6.07, 6.45) is 1.65. The van der Waals surface area contributed by atoms with Gasteiger partial charge in [0, 0.05) is 18.5 Å². The number of anilines is 2. The van der Waals surface area contributed by atoms with Crippen molar-refractivity contribution in [2.24, 2.45) is 0 Å². The average molecular weight is 301 g/mol. The third-order valence-electron chi connectivity index (χ3n) is 3.25. The second kappa shape index (κ2) is 5.84. The normalized spacial score (nSPS) is 16.4. The minimum Gasteiger partial charge on any atom is -0.479 e. The lowest BCUT2D eigenvalue weighted by Gasteiger charge is -2.23. The fraction of sp³-hybridized carbons (Fsp3) is 0.286. The van der Waals surface area contributed by atoms with Crippen LogP contribution >= 0.6 is 0 Å². The van der Waals surface area contributed by atoms with E-state index in [0.29, 0.717) is 29.4 Å². The summed E-state index contributed by atoms with van der Waals surface area (Å²) in [4.78, 5) is 27.4. The minimum absolute atomic E-state index is 0.146. The summed E-state index contributed by atoms with van der Waals surface area (Å²) in [5.74, 6) is 0.899. The van der Waals surface area contributed by atoms with Crippen LogP contribution in [0.15, 0.2) is 24.5 Å². The summed E-state index contributed by atoms with van der Waals surface area (Å²) in [6, 6.07) is 5.12. The number of amides is 2. The van der Waals surface area contributed by atoms with E-state index in [1.54, 1.807) is 25.1 Å². The van der Waals surface area contributed by atoms with Crippen molar-refractivity contribution in [2.75, 3.05) is 10.6 Å². The van der Waals surface area contributed by atoms with Gasteiger partial charge in [-0.15, -0.1) is 0 Å². The summed E-state index contributed by atoms with van der Waals surface area (Å²) in [6.45, 7) is 1.68. The highest BCUT2D eigenvalue weighted by molar-refractivity contribution is 5.99. The van der Waals surface area contributed by atoms with Crippen LogP contribution in [0.25, 0.3) is 0 Å². The Hall–Kier alpha value is -2.90. The molecule has 8 nitrogen and oxygen atoms in total. The van der Waals surface area contributed by atoms with E-state index >= 15 is 0 Å². The van der Waals surface area contributed by atoms with Gasteiger partial charge in [0.05, 0.1) is 5.69 Å². The molecule has 114 valence electrons. The highest BCUT2D eigenvalue weighted by Crippen LogP contribution is 2.32. The Morgan fingerprint density at radius 1 is 1.45 bits per heavy atom. The smallest absolute Gasteiger partial charge is 0.265 e. The molecule has 22 heavy (non-hydrogen) atoms. The number of hydrogen-bond acceptors (Lipinski definition) is 5. The van der Waals surface area contributed by atoms with Crippen LogP contribution in [0.3, 0.4) is 0 Å². The van der Waals surface area contributed by atoms with E-state index in [2.05, 4.69) is 25.8 Å². The number of H-pyrrole nitrogens is 1. The predicted octanol–water partition coefficient (Wildman–Crippen LogP) is 1.10. The van der Waals surface area contributed by atoms with E-state index in [1.165, 1.54) is 6.33 Å². The third-order valence-corrected chi connectivity index (χ3v) is 3.25. The summed E-state index contributed by atoms with van der Waals surface area (Å²) >= 11 is 0. The highest BCUT2D eigenvalue weighted by atomic mass is 16.5. The Balaban J connectivity index is 1.62. The number of nitrogens with zero attached hydrogens (tertiary/aromatic N) is 2. The lowest BCUT2D eigenvalue weighted by molar-refractivity contribution is -0.122.